The van der Waals surface area contributed by atoms with Crippen molar-refractivity contribution in [1.29, 1.82) is 0 Å². The molecule has 0 atom stereocenters. The van der Waals surface area contributed by atoms with Crippen molar-refractivity contribution in [2.24, 2.45) is 0 Å². The van der Waals surface area contributed by atoms with Crippen molar-refractivity contribution in [2.75, 3.05) is 9.80 Å². The van der Waals surface area contributed by atoms with Gasteiger partial charge in [-0.2, -0.15) is 0 Å². The Hall–Kier alpha value is -8.34. The summed E-state index contributed by atoms with van der Waals surface area (Å²) in [5, 5.41) is 6.90. The lowest BCUT2D eigenvalue weighted by molar-refractivity contribution is 0.627. The van der Waals surface area contributed by atoms with Gasteiger partial charge in [0.2, 0.25) is 0 Å². The van der Waals surface area contributed by atoms with Crippen LogP contribution in [0, 0.1) is 11.6 Å². The second-order valence-corrected chi connectivity index (χ2v) is 19.8. The van der Waals surface area contributed by atoms with Gasteiger partial charge in [-0.3, -0.25) is 0 Å². The minimum absolute atomic E-state index is 0.272. The van der Waals surface area contributed by atoms with Crippen LogP contribution in [0.1, 0.15) is 72.9 Å². The standard InChI is InChI=1S/C67H50F2N2/c1-41(2)43-21-29-47(30-22-43)70(48-33-25-45(68)26-34-48)51-37-38-58-59(39-51)52-13-5-7-17-56(52)65-64-57-18-8-6-16-55(57)63(71(50-35-27-46(69)28-36-50)49-31-23-44(24-32-49)42(3)4)40-62(64)67(66(58)65)60-19-11-9-14-53(60)54-15-10-12-20-61(54)67/h5-42H,1-4H3. The summed E-state index contributed by atoms with van der Waals surface area (Å²) in [6, 6.07) is 76.5. The summed E-state index contributed by atoms with van der Waals surface area (Å²) in [6.07, 6.45) is 0. The molecule has 0 saturated carbocycles. The molecule has 0 fully saturated rings. The zero-order chi connectivity index (χ0) is 48.1. The maximum absolute atomic E-state index is 14.9. The summed E-state index contributed by atoms with van der Waals surface area (Å²) in [5.74, 6) is 0.206. The van der Waals surface area contributed by atoms with Gasteiger partial charge in [0.05, 0.1) is 11.1 Å². The minimum Gasteiger partial charge on any atom is -0.310 e. The zero-order valence-corrected chi connectivity index (χ0v) is 40.1. The van der Waals surface area contributed by atoms with Gasteiger partial charge in [0, 0.05) is 33.8 Å². The highest BCUT2D eigenvalue weighted by atomic mass is 19.1. The van der Waals surface area contributed by atoms with Crippen molar-refractivity contribution in [3.63, 3.8) is 0 Å². The first kappa shape index (κ1) is 42.7. The summed E-state index contributed by atoms with van der Waals surface area (Å²) in [6.45, 7) is 8.86. The van der Waals surface area contributed by atoms with Gasteiger partial charge in [0.15, 0.2) is 0 Å². The molecule has 342 valence electrons. The van der Waals surface area contributed by atoms with E-state index in [1.165, 1.54) is 66.4 Å². The first-order valence-electron chi connectivity index (χ1n) is 24.8. The lowest BCUT2D eigenvalue weighted by Crippen LogP contribution is -2.26. The van der Waals surface area contributed by atoms with Crippen molar-refractivity contribution in [3.8, 4) is 22.3 Å². The fourth-order valence-electron chi connectivity index (χ4n) is 12.1. The van der Waals surface area contributed by atoms with E-state index in [0.717, 1.165) is 55.7 Å². The SMILES string of the molecule is CC(C)c1ccc(N(c2ccc(F)cc2)c2ccc3c4c(c5ccccc5c3c2)-c2c(cc(N(c3ccc(F)cc3)c3ccc(C(C)C)cc3)c3ccccc23)C42c3ccccc3-c3ccccc32)cc1. The maximum atomic E-state index is 14.9. The van der Waals surface area contributed by atoms with Crippen LogP contribution in [-0.2, 0) is 5.41 Å². The molecule has 0 aliphatic heterocycles. The minimum atomic E-state index is -0.736. The second kappa shape index (κ2) is 16.4. The summed E-state index contributed by atoms with van der Waals surface area (Å²) in [7, 11) is 0. The Kier molecular flexibility index (Phi) is 9.87. The Bertz CT molecular complexity index is 3840. The maximum Gasteiger partial charge on any atom is 0.123 e. The number of anilines is 6. The highest BCUT2D eigenvalue weighted by molar-refractivity contribution is 6.24. The predicted octanol–water partition coefficient (Wildman–Crippen LogP) is 19.0. The highest BCUT2D eigenvalue weighted by Gasteiger charge is 2.54. The van der Waals surface area contributed by atoms with E-state index >= 15 is 0 Å². The van der Waals surface area contributed by atoms with Crippen molar-refractivity contribution in [3.05, 3.63) is 263 Å². The van der Waals surface area contributed by atoms with E-state index in [1.807, 2.05) is 24.3 Å². The normalized spacial score (nSPS) is 13.0. The molecule has 2 aliphatic carbocycles. The predicted molar refractivity (Wildman–Crippen MR) is 293 cm³/mol. The molecular formula is C67H50F2N2. The van der Waals surface area contributed by atoms with Crippen molar-refractivity contribution < 1.29 is 8.78 Å². The first-order valence-corrected chi connectivity index (χ1v) is 24.8. The molecule has 0 saturated heterocycles. The van der Waals surface area contributed by atoms with Gasteiger partial charge in [-0.15, -0.1) is 0 Å². The molecule has 0 heterocycles. The van der Waals surface area contributed by atoms with Crippen LogP contribution in [0.25, 0.3) is 54.6 Å². The second-order valence-electron chi connectivity index (χ2n) is 19.8. The molecule has 0 bridgehead atoms. The molecule has 1 spiro atoms. The van der Waals surface area contributed by atoms with Crippen LogP contribution >= 0.6 is 0 Å². The molecule has 71 heavy (non-hydrogen) atoms. The van der Waals surface area contributed by atoms with Crippen LogP contribution in [0.4, 0.5) is 42.9 Å². The molecule has 0 radical (unpaired) electrons. The number of halogens is 2. The van der Waals surface area contributed by atoms with Crippen LogP contribution in [0.3, 0.4) is 0 Å². The first-order chi connectivity index (χ1) is 34.7. The van der Waals surface area contributed by atoms with Gasteiger partial charge in [0.1, 0.15) is 11.6 Å². The van der Waals surface area contributed by atoms with Gasteiger partial charge in [-0.25, -0.2) is 8.78 Å². The lowest BCUT2D eigenvalue weighted by Gasteiger charge is -2.34. The van der Waals surface area contributed by atoms with E-state index in [1.54, 1.807) is 24.3 Å². The van der Waals surface area contributed by atoms with Crippen molar-refractivity contribution in [1.82, 2.24) is 0 Å². The monoisotopic (exact) mass is 920 g/mol. The lowest BCUT2D eigenvalue weighted by atomic mass is 9.69. The quantitative estimate of drug-likeness (QED) is 0.140. The number of rotatable bonds is 8. The fourth-order valence-corrected chi connectivity index (χ4v) is 12.1. The van der Waals surface area contributed by atoms with E-state index in [9.17, 15) is 8.78 Å². The van der Waals surface area contributed by atoms with E-state index in [4.69, 9.17) is 0 Å². The van der Waals surface area contributed by atoms with E-state index < -0.39 is 5.41 Å². The molecule has 0 N–H and O–H groups in total. The van der Waals surface area contributed by atoms with Gasteiger partial charge in [-0.05, 0) is 185 Å². The van der Waals surface area contributed by atoms with Gasteiger partial charge in [-0.1, -0.05) is 155 Å². The number of nitrogens with zero attached hydrogens (tertiary/aromatic N) is 2. The number of fused-ring (bicyclic) bond motifs is 17. The van der Waals surface area contributed by atoms with E-state index in [0.29, 0.717) is 11.8 Å². The molecule has 11 aromatic rings. The molecule has 4 heteroatoms. The average molecular weight is 921 g/mol. The Morgan fingerprint density at radius 2 is 0.761 bits per heavy atom. The fraction of sp³-hybridized carbons (Fsp3) is 0.104. The Morgan fingerprint density at radius 3 is 1.28 bits per heavy atom. The molecule has 11 aromatic carbocycles. The van der Waals surface area contributed by atoms with Crippen molar-refractivity contribution >= 4 is 66.4 Å². The third-order valence-corrected chi connectivity index (χ3v) is 15.3. The van der Waals surface area contributed by atoms with Crippen molar-refractivity contribution in [2.45, 2.75) is 44.9 Å². The molecular weight excluding hydrogens is 871 g/mol. The summed E-state index contributed by atoms with van der Waals surface area (Å²) < 4.78 is 29.5. The summed E-state index contributed by atoms with van der Waals surface area (Å²) >= 11 is 0. The summed E-state index contributed by atoms with van der Waals surface area (Å²) in [5.41, 5.74) is 17.4. The van der Waals surface area contributed by atoms with Crippen LogP contribution in [0.15, 0.2) is 218 Å². The third-order valence-electron chi connectivity index (χ3n) is 15.3. The smallest absolute Gasteiger partial charge is 0.123 e. The molecule has 13 rings (SSSR count). The number of benzene rings is 11. The van der Waals surface area contributed by atoms with Crippen LogP contribution < -0.4 is 9.80 Å². The van der Waals surface area contributed by atoms with E-state index in [-0.39, 0.29) is 11.6 Å². The third kappa shape index (κ3) is 6.44. The number of hydrogen-bond donors (Lipinski definition) is 0. The average Bonchev–Trinajstić information content (AvgIpc) is 3.89. The Labute approximate surface area is 413 Å². The summed E-state index contributed by atoms with van der Waals surface area (Å²) in [4.78, 5) is 4.56. The molecule has 0 unspecified atom stereocenters. The topological polar surface area (TPSA) is 6.48 Å². The zero-order valence-electron chi connectivity index (χ0n) is 40.1. The Balaban J connectivity index is 1.16. The van der Waals surface area contributed by atoms with Gasteiger partial charge in [0.25, 0.3) is 0 Å². The number of hydrogen-bond acceptors (Lipinski definition) is 2. The highest BCUT2D eigenvalue weighted by Crippen LogP contribution is 2.67. The van der Waals surface area contributed by atoms with Crippen LogP contribution in [0.5, 0.6) is 0 Å². The van der Waals surface area contributed by atoms with Crippen LogP contribution in [-0.4, -0.2) is 0 Å². The largest absolute Gasteiger partial charge is 0.310 e. The van der Waals surface area contributed by atoms with Gasteiger partial charge < -0.3 is 9.80 Å². The van der Waals surface area contributed by atoms with Crippen LogP contribution in [0.2, 0.25) is 0 Å². The van der Waals surface area contributed by atoms with Gasteiger partial charge >= 0.3 is 0 Å². The van der Waals surface area contributed by atoms with E-state index in [2.05, 4.69) is 207 Å². The molecule has 2 nitrogen and oxygen atoms in total. The molecule has 0 aromatic heterocycles. The molecule has 2 aliphatic rings. The molecule has 0 amide bonds. The Morgan fingerprint density at radius 1 is 0.338 bits per heavy atom.